The van der Waals surface area contributed by atoms with Gasteiger partial charge in [-0.25, -0.2) is 4.98 Å². The van der Waals surface area contributed by atoms with Crippen LogP contribution in [0.5, 0.6) is 0 Å². The number of carbonyl (C=O) groups excluding carboxylic acids is 1. The Hall–Kier alpha value is -0.650. The maximum atomic E-state index is 11.5. The molecule has 0 unspecified atom stereocenters. The monoisotopic (exact) mass is 317 g/mol. The van der Waals surface area contributed by atoms with E-state index in [0.717, 1.165) is 49.5 Å². The lowest BCUT2D eigenvalue weighted by atomic mass is 10.2. The van der Waals surface area contributed by atoms with Crippen LogP contribution in [0.1, 0.15) is 36.9 Å². The summed E-state index contributed by atoms with van der Waals surface area (Å²) in [5.41, 5.74) is 0.969. The van der Waals surface area contributed by atoms with Crippen molar-refractivity contribution in [2.24, 2.45) is 0 Å². The number of thiazole rings is 1. The van der Waals surface area contributed by atoms with Crippen LogP contribution in [0, 0.1) is 0 Å². The topological polar surface area (TPSA) is 45.2 Å². The Bertz CT molecular complexity index is 398. The Kier molecular flexibility index (Phi) is 8.82. The van der Waals surface area contributed by atoms with Gasteiger partial charge in [-0.1, -0.05) is 6.92 Å². The fourth-order valence-corrected chi connectivity index (χ4v) is 2.90. The fraction of sp³-hybridized carbons (Fsp3) is 0.714. The first kappa shape index (κ1) is 17.4. The largest absolute Gasteiger partial charge is 0.355 e. The molecule has 0 atom stereocenters. The van der Waals surface area contributed by atoms with Gasteiger partial charge in [0.15, 0.2) is 0 Å². The standard InChI is InChI=1S/C14H24ClN3OS/c1-3-7-16-13(19)10-18(2)8-5-4-6-14-17-12(9-15)11-20-14/h11H,3-10H2,1-2H3,(H,16,19). The molecule has 4 nitrogen and oxygen atoms in total. The first-order chi connectivity index (χ1) is 9.65. The van der Waals surface area contributed by atoms with Crippen LogP contribution in [0.3, 0.4) is 0 Å². The number of halogens is 1. The lowest BCUT2D eigenvalue weighted by Gasteiger charge is -2.15. The maximum absolute atomic E-state index is 11.5. The van der Waals surface area contributed by atoms with Crippen molar-refractivity contribution in [1.29, 1.82) is 0 Å². The summed E-state index contributed by atoms with van der Waals surface area (Å²) in [6.07, 6.45) is 4.15. The molecular formula is C14H24ClN3OS. The van der Waals surface area contributed by atoms with E-state index in [4.69, 9.17) is 11.6 Å². The number of hydrogen-bond acceptors (Lipinski definition) is 4. The summed E-state index contributed by atoms with van der Waals surface area (Å²) in [5, 5.41) is 6.06. The molecular weight excluding hydrogens is 294 g/mol. The van der Waals surface area contributed by atoms with Crippen LogP contribution in [0.2, 0.25) is 0 Å². The SMILES string of the molecule is CCCNC(=O)CN(C)CCCCc1nc(CCl)cs1. The zero-order valence-electron chi connectivity index (χ0n) is 12.3. The maximum Gasteiger partial charge on any atom is 0.234 e. The lowest BCUT2D eigenvalue weighted by Crippen LogP contribution is -2.35. The second kappa shape index (κ2) is 10.1. The first-order valence-electron chi connectivity index (χ1n) is 7.10. The molecule has 0 saturated heterocycles. The summed E-state index contributed by atoms with van der Waals surface area (Å²) in [7, 11) is 1.99. The molecule has 0 radical (unpaired) electrons. The molecule has 1 amide bonds. The molecule has 1 N–H and O–H groups in total. The predicted octanol–water partition coefficient (Wildman–Crippen LogP) is 2.66. The Balaban J connectivity index is 2.09. The van der Waals surface area contributed by atoms with E-state index in [2.05, 4.69) is 22.1 Å². The summed E-state index contributed by atoms with van der Waals surface area (Å²) in [5.74, 6) is 0.604. The fourth-order valence-electron chi connectivity index (χ4n) is 1.83. The van der Waals surface area contributed by atoms with Crippen molar-refractivity contribution in [3.63, 3.8) is 0 Å². The van der Waals surface area contributed by atoms with Gasteiger partial charge in [-0.2, -0.15) is 0 Å². The number of carbonyl (C=O) groups is 1. The van der Waals surface area contributed by atoms with E-state index in [1.54, 1.807) is 11.3 Å². The van der Waals surface area contributed by atoms with E-state index >= 15 is 0 Å². The number of nitrogens with one attached hydrogen (secondary N) is 1. The lowest BCUT2D eigenvalue weighted by molar-refractivity contribution is -0.121. The van der Waals surface area contributed by atoms with Gasteiger partial charge in [0.05, 0.1) is 23.1 Å². The average Bonchev–Trinajstić information content (AvgIpc) is 2.89. The highest BCUT2D eigenvalue weighted by Crippen LogP contribution is 2.14. The van der Waals surface area contributed by atoms with Crippen LogP contribution in [0.25, 0.3) is 0 Å². The van der Waals surface area contributed by atoms with Gasteiger partial charge in [-0.05, 0) is 39.3 Å². The summed E-state index contributed by atoms with van der Waals surface area (Å²) in [6.45, 7) is 4.23. The minimum atomic E-state index is 0.112. The first-order valence-corrected chi connectivity index (χ1v) is 8.51. The van der Waals surface area contributed by atoms with Crippen LogP contribution in [-0.4, -0.2) is 42.5 Å². The van der Waals surface area contributed by atoms with Gasteiger partial charge in [-0.15, -0.1) is 22.9 Å². The average molecular weight is 318 g/mol. The van der Waals surface area contributed by atoms with Gasteiger partial charge in [0.25, 0.3) is 0 Å². The minimum Gasteiger partial charge on any atom is -0.355 e. The van der Waals surface area contributed by atoms with Crippen molar-refractivity contribution in [2.75, 3.05) is 26.7 Å². The number of hydrogen-bond donors (Lipinski definition) is 1. The molecule has 0 aliphatic rings. The Labute approximate surface area is 130 Å². The van der Waals surface area contributed by atoms with E-state index in [-0.39, 0.29) is 5.91 Å². The molecule has 1 aromatic rings. The summed E-state index contributed by atoms with van der Waals surface area (Å²) < 4.78 is 0. The van der Waals surface area contributed by atoms with Gasteiger partial charge in [0.1, 0.15) is 0 Å². The number of aromatic nitrogens is 1. The number of amides is 1. The van der Waals surface area contributed by atoms with Crippen LogP contribution in [0.15, 0.2) is 5.38 Å². The molecule has 6 heteroatoms. The van der Waals surface area contributed by atoms with Crippen molar-refractivity contribution >= 4 is 28.8 Å². The van der Waals surface area contributed by atoms with E-state index < -0.39 is 0 Å². The second-order valence-electron chi connectivity index (χ2n) is 4.91. The highest BCUT2D eigenvalue weighted by molar-refractivity contribution is 7.09. The molecule has 0 aromatic carbocycles. The number of unbranched alkanes of at least 4 members (excludes halogenated alkanes) is 1. The molecule has 0 fully saturated rings. The third-order valence-corrected chi connectivity index (χ3v) is 4.13. The molecule has 0 saturated carbocycles. The van der Waals surface area contributed by atoms with E-state index in [9.17, 15) is 4.79 Å². The van der Waals surface area contributed by atoms with Crippen molar-refractivity contribution in [3.8, 4) is 0 Å². The van der Waals surface area contributed by atoms with Crippen LogP contribution >= 0.6 is 22.9 Å². The highest BCUT2D eigenvalue weighted by Gasteiger charge is 2.06. The van der Waals surface area contributed by atoms with Crippen molar-refractivity contribution in [3.05, 3.63) is 16.1 Å². The second-order valence-corrected chi connectivity index (χ2v) is 6.12. The van der Waals surface area contributed by atoms with Crippen molar-refractivity contribution in [1.82, 2.24) is 15.2 Å². The highest BCUT2D eigenvalue weighted by atomic mass is 35.5. The number of nitrogens with zero attached hydrogens (tertiary/aromatic N) is 2. The Morgan fingerprint density at radius 1 is 1.50 bits per heavy atom. The normalized spacial score (nSPS) is 11.0. The van der Waals surface area contributed by atoms with Crippen molar-refractivity contribution < 1.29 is 4.79 Å². The number of alkyl halides is 1. The van der Waals surface area contributed by atoms with Crippen molar-refractivity contribution in [2.45, 2.75) is 38.5 Å². The quantitative estimate of drug-likeness (QED) is 0.533. The summed E-state index contributed by atoms with van der Waals surface area (Å²) in [4.78, 5) is 18.0. The van der Waals surface area contributed by atoms with Crippen LogP contribution in [-0.2, 0) is 17.1 Å². The Morgan fingerprint density at radius 3 is 2.95 bits per heavy atom. The van der Waals surface area contributed by atoms with Gasteiger partial charge in [0, 0.05) is 11.9 Å². The summed E-state index contributed by atoms with van der Waals surface area (Å²) >= 11 is 7.41. The van der Waals surface area contributed by atoms with E-state index in [0.29, 0.717) is 12.4 Å². The summed E-state index contributed by atoms with van der Waals surface area (Å²) in [6, 6.07) is 0. The van der Waals surface area contributed by atoms with Gasteiger partial charge < -0.3 is 5.32 Å². The van der Waals surface area contributed by atoms with Crippen LogP contribution in [0.4, 0.5) is 0 Å². The molecule has 1 heterocycles. The smallest absolute Gasteiger partial charge is 0.234 e. The molecule has 0 bridgehead atoms. The predicted molar refractivity (Wildman–Crippen MR) is 85.4 cm³/mol. The molecule has 0 aliphatic carbocycles. The van der Waals surface area contributed by atoms with E-state index in [1.165, 1.54) is 0 Å². The molecule has 1 aromatic heterocycles. The number of likely N-dealkylation sites (N-methyl/N-ethyl adjacent to an activating group) is 1. The third-order valence-electron chi connectivity index (χ3n) is 2.90. The number of rotatable bonds is 10. The number of aryl methyl sites for hydroxylation is 1. The van der Waals surface area contributed by atoms with E-state index in [1.807, 2.05) is 12.4 Å². The van der Waals surface area contributed by atoms with Gasteiger partial charge in [0.2, 0.25) is 5.91 Å². The van der Waals surface area contributed by atoms with Gasteiger partial charge >= 0.3 is 0 Å². The molecule has 20 heavy (non-hydrogen) atoms. The zero-order chi connectivity index (χ0) is 14.8. The molecule has 114 valence electrons. The Morgan fingerprint density at radius 2 is 2.30 bits per heavy atom. The third kappa shape index (κ3) is 7.22. The van der Waals surface area contributed by atoms with Gasteiger partial charge in [-0.3, -0.25) is 9.69 Å². The van der Waals surface area contributed by atoms with Crippen LogP contribution < -0.4 is 5.32 Å². The molecule has 0 spiro atoms. The zero-order valence-corrected chi connectivity index (χ0v) is 13.9. The minimum absolute atomic E-state index is 0.112. The molecule has 0 aliphatic heterocycles. The molecule has 1 rings (SSSR count).